The van der Waals surface area contributed by atoms with E-state index in [0.29, 0.717) is 30.7 Å². The average Bonchev–Trinajstić information content (AvgIpc) is 3.07. The Morgan fingerprint density at radius 3 is 2.24 bits per heavy atom. The summed E-state index contributed by atoms with van der Waals surface area (Å²) in [7, 11) is 0. The molecule has 2 aliphatic heterocycles. The molecule has 0 aromatic heterocycles. The van der Waals surface area contributed by atoms with Crippen molar-refractivity contribution in [3.63, 3.8) is 0 Å². The number of hydrogen-bond donors (Lipinski definition) is 0. The zero-order chi connectivity index (χ0) is 17.8. The minimum Gasteiger partial charge on any atom is -0.341 e. The number of hydrogen-bond acceptors (Lipinski definition) is 3. The predicted octanol–water partition coefficient (Wildman–Crippen LogP) is 1.99. The number of allylic oxidation sites excluding steroid dienone is 2. The maximum atomic E-state index is 12.6. The molecule has 0 saturated carbocycles. The fourth-order valence-electron chi connectivity index (χ4n) is 4.53. The van der Waals surface area contributed by atoms with E-state index < -0.39 is 0 Å². The van der Waals surface area contributed by atoms with Gasteiger partial charge in [-0.2, -0.15) is 0 Å². The summed E-state index contributed by atoms with van der Waals surface area (Å²) >= 11 is 0. The predicted molar refractivity (Wildman–Crippen MR) is 99.0 cm³/mol. The van der Waals surface area contributed by atoms with Crippen LogP contribution in [0.25, 0.3) is 0 Å². The molecule has 3 atom stereocenters. The van der Waals surface area contributed by atoms with Crippen LogP contribution < -0.4 is 0 Å². The van der Waals surface area contributed by atoms with Crippen molar-refractivity contribution in [3.8, 4) is 0 Å². The van der Waals surface area contributed by atoms with E-state index in [4.69, 9.17) is 0 Å². The summed E-state index contributed by atoms with van der Waals surface area (Å²) in [5.74, 6) is 2.18. The molecule has 2 saturated heterocycles. The van der Waals surface area contributed by atoms with Crippen LogP contribution in [0.15, 0.2) is 12.2 Å². The van der Waals surface area contributed by atoms with Crippen molar-refractivity contribution in [2.45, 2.75) is 39.5 Å². The van der Waals surface area contributed by atoms with Gasteiger partial charge in [-0.25, -0.2) is 0 Å². The van der Waals surface area contributed by atoms with Crippen molar-refractivity contribution in [3.05, 3.63) is 12.2 Å². The van der Waals surface area contributed by atoms with Gasteiger partial charge >= 0.3 is 0 Å². The lowest BCUT2D eigenvalue weighted by Crippen LogP contribution is -2.53. The topological polar surface area (TPSA) is 43.9 Å². The molecule has 0 aromatic rings. The van der Waals surface area contributed by atoms with Crippen molar-refractivity contribution in [1.29, 1.82) is 0 Å². The van der Waals surface area contributed by atoms with E-state index >= 15 is 0 Å². The van der Waals surface area contributed by atoms with Crippen LogP contribution >= 0.6 is 0 Å². The molecule has 0 N–H and O–H groups in total. The Labute approximate surface area is 152 Å². The van der Waals surface area contributed by atoms with E-state index in [9.17, 15) is 9.59 Å². The molecule has 3 unspecified atom stereocenters. The second kappa shape index (κ2) is 8.35. The molecule has 3 rings (SSSR count). The van der Waals surface area contributed by atoms with E-state index in [1.807, 2.05) is 9.80 Å². The van der Waals surface area contributed by atoms with Crippen LogP contribution in [0.5, 0.6) is 0 Å². The standard InChI is InChI=1S/C20H33N3O2/c1-16-11-17(2)14-23(13-16)20(25)15-21-7-9-22(10-8-21)19(24)12-18-5-3-4-6-18/h3,5,16-18H,4,6-15H2,1-2H3. The maximum absolute atomic E-state index is 12.6. The van der Waals surface area contributed by atoms with Crippen LogP contribution in [-0.4, -0.2) is 72.3 Å². The van der Waals surface area contributed by atoms with E-state index in [1.165, 1.54) is 6.42 Å². The third-order valence-corrected chi connectivity index (χ3v) is 5.85. The molecule has 140 valence electrons. The van der Waals surface area contributed by atoms with Gasteiger partial charge in [0.15, 0.2) is 0 Å². The van der Waals surface area contributed by atoms with Crippen molar-refractivity contribution in [1.82, 2.24) is 14.7 Å². The van der Waals surface area contributed by atoms with E-state index in [-0.39, 0.29) is 11.8 Å². The minimum atomic E-state index is 0.259. The first-order valence-electron chi connectivity index (χ1n) is 9.96. The Balaban J connectivity index is 1.40. The molecule has 0 aromatic carbocycles. The zero-order valence-corrected chi connectivity index (χ0v) is 15.8. The second-order valence-corrected chi connectivity index (χ2v) is 8.37. The molecule has 0 bridgehead atoms. The van der Waals surface area contributed by atoms with Crippen LogP contribution in [0.2, 0.25) is 0 Å². The number of amides is 2. The van der Waals surface area contributed by atoms with Crippen molar-refractivity contribution >= 4 is 11.8 Å². The second-order valence-electron chi connectivity index (χ2n) is 8.37. The van der Waals surface area contributed by atoms with Crippen LogP contribution in [0.3, 0.4) is 0 Å². The number of piperidine rings is 1. The smallest absolute Gasteiger partial charge is 0.236 e. The molecule has 2 heterocycles. The van der Waals surface area contributed by atoms with Crippen LogP contribution in [0, 0.1) is 17.8 Å². The van der Waals surface area contributed by atoms with Gasteiger partial charge in [0, 0.05) is 45.7 Å². The molecule has 25 heavy (non-hydrogen) atoms. The fraction of sp³-hybridized carbons (Fsp3) is 0.800. The minimum absolute atomic E-state index is 0.259. The molecule has 5 nitrogen and oxygen atoms in total. The molecule has 3 aliphatic rings. The summed E-state index contributed by atoms with van der Waals surface area (Å²) in [6.07, 6.45) is 8.48. The van der Waals surface area contributed by atoms with Crippen LogP contribution in [0.1, 0.15) is 39.5 Å². The van der Waals surface area contributed by atoms with E-state index in [0.717, 1.165) is 52.1 Å². The summed E-state index contributed by atoms with van der Waals surface area (Å²) in [6.45, 7) is 9.93. The Kier molecular flexibility index (Phi) is 6.15. The van der Waals surface area contributed by atoms with Gasteiger partial charge in [0.05, 0.1) is 6.54 Å². The zero-order valence-electron chi connectivity index (χ0n) is 15.8. The number of piperazine rings is 1. The lowest BCUT2D eigenvalue weighted by atomic mass is 9.92. The van der Waals surface area contributed by atoms with Crippen molar-refractivity contribution in [2.24, 2.45) is 17.8 Å². The van der Waals surface area contributed by atoms with Gasteiger partial charge in [-0.05, 0) is 37.0 Å². The van der Waals surface area contributed by atoms with Crippen molar-refractivity contribution in [2.75, 3.05) is 45.8 Å². The van der Waals surface area contributed by atoms with Gasteiger partial charge in [0.2, 0.25) is 11.8 Å². The third kappa shape index (κ3) is 5.06. The highest BCUT2D eigenvalue weighted by Gasteiger charge is 2.28. The van der Waals surface area contributed by atoms with Gasteiger partial charge in [-0.1, -0.05) is 26.0 Å². The monoisotopic (exact) mass is 347 g/mol. The number of rotatable bonds is 4. The molecular formula is C20H33N3O2. The first-order chi connectivity index (χ1) is 12.0. The highest BCUT2D eigenvalue weighted by atomic mass is 16.2. The van der Waals surface area contributed by atoms with Gasteiger partial charge in [0.1, 0.15) is 0 Å². The van der Waals surface area contributed by atoms with Gasteiger partial charge in [-0.3, -0.25) is 14.5 Å². The SMILES string of the molecule is CC1CC(C)CN(C(=O)CN2CCN(C(=O)CC3C=CCC3)CC2)C1. The fourth-order valence-corrected chi connectivity index (χ4v) is 4.53. The number of carbonyl (C=O) groups excluding carboxylic acids is 2. The summed E-state index contributed by atoms with van der Waals surface area (Å²) in [6, 6.07) is 0. The molecule has 0 radical (unpaired) electrons. The van der Waals surface area contributed by atoms with E-state index in [2.05, 4.69) is 30.9 Å². The van der Waals surface area contributed by atoms with Gasteiger partial charge in [-0.15, -0.1) is 0 Å². The molecule has 5 heteroatoms. The number of carbonyl (C=O) groups is 2. The summed E-state index contributed by atoms with van der Waals surface area (Å²) in [5.41, 5.74) is 0. The molecule has 1 aliphatic carbocycles. The Morgan fingerprint density at radius 2 is 1.64 bits per heavy atom. The van der Waals surface area contributed by atoms with Gasteiger partial charge in [0.25, 0.3) is 0 Å². The summed E-state index contributed by atoms with van der Waals surface area (Å²) in [5, 5.41) is 0. The van der Waals surface area contributed by atoms with Gasteiger partial charge < -0.3 is 9.80 Å². The molecule has 0 spiro atoms. The van der Waals surface area contributed by atoms with Crippen molar-refractivity contribution < 1.29 is 9.59 Å². The first-order valence-corrected chi connectivity index (χ1v) is 9.96. The number of likely N-dealkylation sites (tertiary alicyclic amines) is 1. The Morgan fingerprint density at radius 1 is 0.960 bits per heavy atom. The highest BCUT2D eigenvalue weighted by Crippen LogP contribution is 2.22. The molecule has 2 amide bonds. The average molecular weight is 348 g/mol. The quantitative estimate of drug-likeness (QED) is 0.731. The van der Waals surface area contributed by atoms with Crippen LogP contribution in [0.4, 0.5) is 0 Å². The maximum Gasteiger partial charge on any atom is 0.236 e. The molecular weight excluding hydrogens is 314 g/mol. The van der Waals surface area contributed by atoms with Crippen LogP contribution in [-0.2, 0) is 9.59 Å². The lowest BCUT2D eigenvalue weighted by Gasteiger charge is -2.38. The third-order valence-electron chi connectivity index (χ3n) is 5.85. The summed E-state index contributed by atoms with van der Waals surface area (Å²) < 4.78 is 0. The highest BCUT2D eigenvalue weighted by molar-refractivity contribution is 5.79. The first kappa shape index (κ1) is 18.4. The van der Waals surface area contributed by atoms with E-state index in [1.54, 1.807) is 0 Å². The normalized spacial score (nSPS) is 30.7. The largest absolute Gasteiger partial charge is 0.341 e. The summed E-state index contributed by atoms with van der Waals surface area (Å²) in [4.78, 5) is 31.2. The lowest BCUT2D eigenvalue weighted by molar-refractivity contribution is -0.137. The molecule has 2 fully saturated rings. The number of nitrogens with zero attached hydrogens (tertiary/aromatic N) is 3. The Hall–Kier alpha value is -1.36. The Bertz CT molecular complexity index is 501.